The third kappa shape index (κ3) is 3.72. The second-order valence-electron chi connectivity index (χ2n) is 3.69. The van der Waals surface area contributed by atoms with Gasteiger partial charge in [0.25, 0.3) is 0 Å². The first-order valence-corrected chi connectivity index (χ1v) is 5.46. The Kier molecular flexibility index (Phi) is 5.08. The number of hydrogen-bond donors (Lipinski definition) is 3. The summed E-state index contributed by atoms with van der Waals surface area (Å²) in [6, 6.07) is 5.16. The molecule has 1 atom stereocenters. The zero-order valence-corrected chi connectivity index (χ0v) is 9.73. The van der Waals surface area contributed by atoms with E-state index < -0.39 is 0 Å². The normalized spacial score (nSPS) is 12.4. The van der Waals surface area contributed by atoms with Gasteiger partial charge in [-0.2, -0.15) is 0 Å². The second kappa shape index (κ2) is 6.35. The Morgan fingerprint density at radius 2 is 2.19 bits per heavy atom. The Bertz CT molecular complexity index is 328. The summed E-state index contributed by atoms with van der Waals surface area (Å²) >= 11 is 0. The minimum absolute atomic E-state index is 0.00940. The number of benzene rings is 1. The number of phenolic OH excluding ortho intramolecular Hbond substituents is 1. The van der Waals surface area contributed by atoms with Crippen LogP contribution in [0.15, 0.2) is 18.2 Å². The smallest absolute Gasteiger partial charge is 0.120 e. The third-order valence-electron chi connectivity index (χ3n) is 2.28. The van der Waals surface area contributed by atoms with Crippen molar-refractivity contribution >= 4 is 0 Å². The van der Waals surface area contributed by atoms with E-state index in [9.17, 15) is 5.11 Å². The highest BCUT2D eigenvalue weighted by molar-refractivity contribution is 5.39. The molecule has 4 nitrogen and oxygen atoms in total. The first kappa shape index (κ1) is 12.8. The Morgan fingerprint density at radius 1 is 1.44 bits per heavy atom. The fourth-order valence-corrected chi connectivity index (χ4v) is 1.31. The van der Waals surface area contributed by atoms with Crippen LogP contribution >= 0.6 is 0 Å². The molecule has 0 amide bonds. The molecular weight excluding hydrogens is 206 g/mol. The van der Waals surface area contributed by atoms with Crippen LogP contribution in [0.2, 0.25) is 0 Å². The molecule has 1 aromatic rings. The lowest BCUT2D eigenvalue weighted by Crippen LogP contribution is -2.28. The summed E-state index contributed by atoms with van der Waals surface area (Å²) in [5, 5.41) is 21.6. The van der Waals surface area contributed by atoms with Gasteiger partial charge in [0.15, 0.2) is 0 Å². The minimum Gasteiger partial charge on any atom is -0.508 e. The van der Waals surface area contributed by atoms with E-state index in [2.05, 4.69) is 5.32 Å². The van der Waals surface area contributed by atoms with E-state index in [-0.39, 0.29) is 18.4 Å². The van der Waals surface area contributed by atoms with Crippen molar-refractivity contribution in [1.29, 1.82) is 0 Å². The first-order valence-electron chi connectivity index (χ1n) is 5.46. The van der Waals surface area contributed by atoms with Gasteiger partial charge in [0.2, 0.25) is 0 Å². The molecule has 0 aromatic heterocycles. The van der Waals surface area contributed by atoms with Crippen LogP contribution < -0.4 is 10.1 Å². The van der Waals surface area contributed by atoms with Crippen molar-refractivity contribution in [2.45, 2.75) is 26.4 Å². The number of hydrogen-bond acceptors (Lipinski definition) is 4. The molecule has 0 radical (unpaired) electrons. The molecule has 0 aliphatic rings. The molecule has 4 heteroatoms. The maximum absolute atomic E-state index is 9.63. The zero-order chi connectivity index (χ0) is 12.0. The van der Waals surface area contributed by atoms with Crippen molar-refractivity contribution in [3.8, 4) is 11.5 Å². The summed E-state index contributed by atoms with van der Waals surface area (Å²) in [6.07, 6.45) is 0. The quantitative estimate of drug-likeness (QED) is 0.682. The number of aliphatic hydroxyl groups is 1. The van der Waals surface area contributed by atoms with Crippen LogP contribution in [0, 0.1) is 0 Å². The van der Waals surface area contributed by atoms with Crippen LogP contribution in [0.4, 0.5) is 0 Å². The number of phenols is 1. The third-order valence-corrected chi connectivity index (χ3v) is 2.28. The van der Waals surface area contributed by atoms with Gasteiger partial charge in [0.1, 0.15) is 11.5 Å². The summed E-state index contributed by atoms with van der Waals surface area (Å²) in [4.78, 5) is 0. The van der Waals surface area contributed by atoms with Gasteiger partial charge in [-0.1, -0.05) is 0 Å². The van der Waals surface area contributed by atoms with E-state index >= 15 is 0 Å². The monoisotopic (exact) mass is 225 g/mol. The maximum atomic E-state index is 9.63. The van der Waals surface area contributed by atoms with Crippen molar-refractivity contribution < 1.29 is 14.9 Å². The predicted octanol–water partition coefficient (Wildman–Crippen LogP) is 1.26. The van der Waals surface area contributed by atoms with E-state index in [4.69, 9.17) is 9.84 Å². The van der Waals surface area contributed by atoms with E-state index in [1.54, 1.807) is 18.2 Å². The highest BCUT2D eigenvalue weighted by Crippen LogP contribution is 2.22. The fourth-order valence-electron chi connectivity index (χ4n) is 1.31. The average molecular weight is 225 g/mol. The largest absolute Gasteiger partial charge is 0.508 e. The molecule has 0 aliphatic carbocycles. The Hall–Kier alpha value is -1.26. The highest BCUT2D eigenvalue weighted by Gasteiger charge is 2.05. The molecule has 0 saturated heterocycles. The molecule has 3 N–H and O–H groups in total. The number of aliphatic hydroxyl groups excluding tert-OH is 1. The molecule has 0 unspecified atom stereocenters. The van der Waals surface area contributed by atoms with Gasteiger partial charge >= 0.3 is 0 Å². The van der Waals surface area contributed by atoms with Gasteiger partial charge in [-0.25, -0.2) is 0 Å². The van der Waals surface area contributed by atoms with Gasteiger partial charge in [-0.3, -0.25) is 0 Å². The van der Waals surface area contributed by atoms with Crippen molar-refractivity contribution in [3.05, 3.63) is 23.8 Å². The Balaban J connectivity index is 2.66. The lowest BCUT2D eigenvalue weighted by molar-refractivity contribution is 0.250. The van der Waals surface area contributed by atoms with E-state index in [0.29, 0.717) is 13.2 Å². The summed E-state index contributed by atoms with van der Waals surface area (Å²) in [5.41, 5.74) is 0.770. The first-order chi connectivity index (χ1) is 7.67. The van der Waals surface area contributed by atoms with Crippen molar-refractivity contribution in [3.63, 3.8) is 0 Å². The number of ether oxygens (including phenoxy) is 1. The number of nitrogens with one attached hydrogen (secondary N) is 1. The van der Waals surface area contributed by atoms with Gasteiger partial charge in [-0.05, 0) is 32.0 Å². The van der Waals surface area contributed by atoms with Gasteiger partial charge in [0.05, 0.1) is 13.2 Å². The van der Waals surface area contributed by atoms with Crippen LogP contribution in [-0.2, 0) is 6.54 Å². The van der Waals surface area contributed by atoms with Crippen molar-refractivity contribution in [1.82, 2.24) is 5.32 Å². The highest BCUT2D eigenvalue weighted by atomic mass is 16.5. The van der Waals surface area contributed by atoms with Crippen molar-refractivity contribution in [2.75, 3.05) is 13.2 Å². The SMILES string of the molecule is CCOc1ccc(O)c(CN[C@H](C)CO)c1. The van der Waals surface area contributed by atoms with Crippen LogP contribution in [0.3, 0.4) is 0 Å². The maximum Gasteiger partial charge on any atom is 0.120 e. The summed E-state index contributed by atoms with van der Waals surface area (Å²) in [7, 11) is 0. The van der Waals surface area contributed by atoms with E-state index in [1.165, 1.54) is 0 Å². The molecule has 16 heavy (non-hydrogen) atoms. The van der Waals surface area contributed by atoms with E-state index in [1.807, 2.05) is 13.8 Å². The summed E-state index contributed by atoms with van der Waals surface area (Å²) < 4.78 is 5.35. The van der Waals surface area contributed by atoms with Crippen LogP contribution in [0.5, 0.6) is 11.5 Å². The summed E-state index contributed by atoms with van der Waals surface area (Å²) in [5.74, 6) is 0.981. The molecule has 0 aliphatic heterocycles. The molecule has 0 saturated carbocycles. The molecule has 0 heterocycles. The topological polar surface area (TPSA) is 61.7 Å². The summed E-state index contributed by atoms with van der Waals surface area (Å²) in [6.45, 7) is 4.98. The Morgan fingerprint density at radius 3 is 2.81 bits per heavy atom. The Labute approximate surface area is 95.9 Å². The standard InChI is InChI=1S/C12H19NO3/c1-3-16-11-4-5-12(15)10(6-11)7-13-9(2)8-14/h4-6,9,13-15H,3,7-8H2,1-2H3/t9-/m1/s1. The lowest BCUT2D eigenvalue weighted by Gasteiger charge is -2.12. The van der Waals surface area contributed by atoms with E-state index in [0.717, 1.165) is 11.3 Å². The predicted molar refractivity (Wildman–Crippen MR) is 62.7 cm³/mol. The van der Waals surface area contributed by atoms with Gasteiger partial charge < -0.3 is 20.3 Å². The fraction of sp³-hybridized carbons (Fsp3) is 0.500. The van der Waals surface area contributed by atoms with Crippen LogP contribution in [0.1, 0.15) is 19.4 Å². The van der Waals surface area contributed by atoms with Gasteiger partial charge in [-0.15, -0.1) is 0 Å². The van der Waals surface area contributed by atoms with Crippen LogP contribution in [0.25, 0.3) is 0 Å². The number of aromatic hydroxyl groups is 1. The molecule has 1 rings (SSSR count). The zero-order valence-electron chi connectivity index (χ0n) is 9.73. The minimum atomic E-state index is 0.00940. The molecular formula is C12H19NO3. The second-order valence-corrected chi connectivity index (χ2v) is 3.69. The van der Waals surface area contributed by atoms with Gasteiger partial charge in [0, 0.05) is 18.2 Å². The van der Waals surface area contributed by atoms with Crippen LogP contribution in [-0.4, -0.2) is 29.5 Å². The average Bonchev–Trinajstić information content (AvgIpc) is 2.29. The number of rotatable bonds is 6. The molecule has 90 valence electrons. The molecule has 0 fully saturated rings. The lowest BCUT2D eigenvalue weighted by atomic mass is 10.2. The molecule has 0 bridgehead atoms. The van der Waals surface area contributed by atoms with Crippen molar-refractivity contribution in [2.24, 2.45) is 0 Å². The molecule has 0 spiro atoms. The molecule has 1 aromatic carbocycles.